The van der Waals surface area contributed by atoms with Crippen molar-refractivity contribution in [2.75, 3.05) is 6.54 Å². The predicted molar refractivity (Wildman–Crippen MR) is 182 cm³/mol. The molecular formula is C38H43N5O4. The second kappa shape index (κ2) is 12.2. The molecule has 3 aromatic rings. The van der Waals surface area contributed by atoms with Gasteiger partial charge in [-0.15, -0.1) is 0 Å². The van der Waals surface area contributed by atoms with Gasteiger partial charge in [-0.2, -0.15) is 0 Å². The van der Waals surface area contributed by atoms with E-state index in [1.54, 1.807) is 4.90 Å². The molecule has 4 atom stereocenters. The van der Waals surface area contributed by atoms with Crippen molar-refractivity contribution >= 4 is 34.5 Å². The summed E-state index contributed by atoms with van der Waals surface area (Å²) in [5.41, 5.74) is 6.38. The molecule has 2 saturated heterocycles. The Labute approximate surface area is 276 Å². The van der Waals surface area contributed by atoms with Gasteiger partial charge in [0.05, 0.1) is 29.2 Å². The fourth-order valence-electron chi connectivity index (χ4n) is 7.52. The monoisotopic (exact) mass is 633 g/mol. The number of hydrogen-bond acceptors (Lipinski definition) is 6. The molecule has 4 aliphatic rings. The van der Waals surface area contributed by atoms with Gasteiger partial charge >= 0.3 is 12.2 Å². The lowest BCUT2D eigenvalue weighted by atomic mass is 9.90. The van der Waals surface area contributed by atoms with Crippen LogP contribution in [0.15, 0.2) is 53.7 Å². The molecule has 1 N–H and O–H groups in total. The van der Waals surface area contributed by atoms with Gasteiger partial charge in [-0.25, -0.2) is 14.6 Å². The number of hydrogen-bond donors (Lipinski definition) is 1. The van der Waals surface area contributed by atoms with Crippen LogP contribution < -0.4 is 0 Å². The first kappa shape index (κ1) is 31.0. The van der Waals surface area contributed by atoms with Crippen LogP contribution in [0.4, 0.5) is 9.59 Å². The first-order chi connectivity index (χ1) is 22.5. The summed E-state index contributed by atoms with van der Waals surface area (Å²) in [6.07, 6.45) is 7.02. The molecular weight excluding hydrogens is 590 g/mol. The zero-order chi connectivity index (χ0) is 32.9. The Morgan fingerprint density at radius 2 is 1.77 bits per heavy atom. The molecule has 0 radical (unpaired) electrons. The Morgan fingerprint density at radius 1 is 1.00 bits per heavy atom. The normalized spacial score (nSPS) is 23.6. The fraction of sp³-hybridized carbons (Fsp3) is 0.474. The number of allylic oxidation sites excluding steroid dienone is 1. The summed E-state index contributed by atoms with van der Waals surface area (Å²) in [7, 11) is 0. The zero-order valence-electron chi connectivity index (χ0n) is 27.9. The lowest BCUT2D eigenvalue weighted by Crippen LogP contribution is -2.50. The molecule has 0 spiro atoms. The van der Waals surface area contributed by atoms with E-state index in [-0.39, 0.29) is 36.4 Å². The van der Waals surface area contributed by atoms with E-state index in [0.717, 1.165) is 83.4 Å². The van der Waals surface area contributed by atoms with Crippen molar-refractivity contribution in [1.82, 2.24) is 19.8 Å². The second-order valence-electron chi connectivity index (χ2n) is 14.5. The number of fused-ring (bicyclic) bond motifs is 3. The molecule has 3 aliphatic heterocycles. The average molecular weight is 634 g/mol. The smallest absolute Gasteiger partial charge is 0.411 e. The number of piperidine rings is 1. The molecule has 9 nitrogen and oxygen atoms in total. The second-order valence-corrected chi connectivity index (χ2v) is 14.5. The number of aliphatic imine (C=N–C) groups is 1. The van der Waals surface area contributed by atoms with Gasteiger partial charge < -0.3 is 14.5 Å². The summed E-state index contributed by atoms with van der Waals surface area (Å²) < 4.78 is 11.2. The van der Waals surface area contributed by atoms with Crippen molar-refractivity contribution in [2.24, 2.45) is 10.9 Å². The number of amides is 2. The maximum Gasteiger partial charge on any atom is 0.411 e. The minimum Gasteiger partial charge on any atom is -0.447 e. The summed E-state index contributed by atoms with van der Waals surface area (Å²) >= 11 is 0. The van der Waals surface area contributed by atoms with E-state index < -0.39 is 5.60 Å². The number of carbonyl (C=O) groups is 2. The van der Waals surface area contributed by atoms with E-state index in [1.165, 1.54) is 0 Å². The first-order valence-electron chi connectivity index (χ1n) is 16.9. The topological polar surface area (TPSA) is 100 Å². The third-order valence-corrected chi connectivity index (χ3v) is 9.54. The van der Waals surface area contributed by atoms with Crippen LogP contribution in [0.1, 0.15) is 102 Å². The van der Waals surface area contributed by atoms with E-state index in [1.807, 2.05) is 76.1 Å². The van der Waals surface area contributed by atoms with Gasteiger partial charge in [0.25, 0.3) is 0 Å². The minimum absolute atomic E-state index is 0.0178. The number of rotatable bonds is 4. The number of ether oxygens (including phenoxy) is 2. The van der Waals surface area contributed by atoms with Crippen molar-refractivity contribution in [3.05, 3.63) is 71.2 Å². The molecule has 1 aromatic heterocycles. The Hall–Kier alpha value is -4.58. The largest absolute Gasteiger partial charge is 0.447 e. The average Bonchev–Trinajstić information content (AvgIpc) is 3.85. The van der Waals surface area contributed by atoms with E-state index in [2.05, 4.69) is 29.0 Å². The highest BCUT2D eigenvalue weighted by molar-refractivity contribution is 6.03. The third kappa shape index (κ3) is 6.38. The Kier molecular flexibility index (Phi) is 8.07. The number of aromatic amines is 1. The van der Waals surface area contributed by atoms with E-state index in [0.29, 0.717) is 12.5 Å². The molecule has 1 saturated carbocycles. The van der Waals surface area contributed by atoms with Gasteiger partial charge in [0.2, 0.25) is 0 Å². The van der Waals surface area contributed by atoms with Gasteiger partial charge in [-0.3, -0.25) is 14.8 Å². The maximum absolute atomic E-state index is 13.2. The molecule has 7 rings (SSSR count). The van der Waals surface area contributed by atoms with Crippen molar-refractivity contribution in [3.63, 3.8) is 0 Å². The number of benzene rings is 2. The number of H-pyrrole nitrogens is 1. The maximum atomic E-state index is 13.2. The van der Waals surface area contributed by atoms with Gasteiger partial charge in [0.15, 0.2) is 0 Å². The highest BCUT2D eigenvalue weighted by Gasteiger charge is 2.51. The lowest BCUT2D eigenvalue weighted by molar-refractivity contribution is 0.0142. The SMILES string of the molecule is CC(C)OC(=O)N1CCC[C@H]1c1nc2ccc(C#Cc3ccc(C4=CN=C([C@@H]5[C@H]6CC[C@H](C6)N5C(=O)OC(C)(C)C)C4)cc3)cc2[nH]1. The number of nitrogens with zero attached hydrogens (tertiary/aromatic N) is 4. The number of likely N-dealkylation sites (tertiary alicyclic amines) is 2. The number of aromatic nitrogens is 2. The van der Waals surface area contributed by atoms with Crippen LogP contribution >= 0.6 is 0 Å². The van der Waals surface area contributed by atoms with Gasteiger partial charge in [-0.1, -0.05) is 24.0 Å². The highest BCUT2D eigenvalue weighted by atomic mass is 16.6. The Bertz CT molecular complexity index is 1820. The molecule has 9 heteroatoms. The molecule has 47 heavy (non-hydrogen) atoms. The molecule has 4 heterocycles. The van der Waals surface area contributed by atoms with Crippen LogP contribution in [0.3, 0.4) is 0 Å². The zero-order valence-corrected chi connectivity index (χ0v) is 27.9. The molecule has 2 aromatic carbocycles. The van der Waals surface area contributed by atoms with Crippen LogP contribution in [0.25, 0.3) is 16.6 Å². The standard InChI is InChI=1S/C38H43N5O4/c1-23(2)46-36(44)42-18-6-7-33(42)35-40-30-17-12-25(19-31(30)41-35)9-8-24-10-13-26(14-11-24)28-21-32(39-22-28)34-27-15-16-29(20-27)43(34)37(45)47-38(3,4)5/h10-14,17,19,22-23,27,29,33-34H,6-7,15-16,18,20-21H2,1-5H3,(H,40,41)/t27-,29+,33-,34-/m0/s1. The van der Waals surface area contributed by atoms with E-state index >= 15 is 0 Å². The Balaban J connectivity index is 1.00. The third-order valence-electron chi connectivity index (χ3n) is 9.54. The summed E-state index contributed by atoms with van der Waals surface area (Å²) in [6.45, 7) is 10.2. The van der Waals surface area contributed by atoms with E-state index in [9.17, 15) is 9.59 Å². The van der Waals surface area contributed by atoms with Crippen molar-refractivity contribution in [1.29, 1.82) is 0 Å². The van der Waals surface area contributed by atoms with Crippen LogP contribution in [0.2, 0.25) is 0 Å². The summed E-state index contributed by atoms with van der Waals surface area (Å²) in [5.74, 6) is 7.82. The van der Waals surface area contributed by atoms with Crippen molar-refractivity contribution in [3.8, 4) is 11.8 Å². The van der Waals surface area contributed by atoms with Crippen LogP contribution in [0, 0.1) is 17.8 Å². The Morgan fingerprint density at radius 3 is 2.53 bits per heavy atom. The fourth-order valence-corrected chi connectivity index (χ4v) is 7.52. The summed E-state index contributed by atoms with van der Waals surface area (Å²) in [4.78, 5) is 42.6. The van der Waals surface area contributed by atoms with Gasteiger partial charge in [0, 0.05) is 42.0 Å². The van der Waals surface area contributed by atoms with Crippen LogP contribution in [-0.2, 0) is 9.47 Å². The molecule has 244 valence electrons. The summed E-state index contributed by atoms with van der Waals surface area (Å²) in [5, 5.41) is 0. The van der Waals surface area contributed by atoms with Gasteiger partial charge in [-0.05, 0) is 114 Å². The van der Waals surface area contributed by atoms with Crippen molar-refractivity contribution in [2.45, 2.75) is 103 Å². The predicted octanol–water partition coefficient (Wildman–Crippen LogP) is 7.62. The van der Waals surface area contributed by atoms with Gasteiger partial charge in [0.1, 0.15) is 11.4 Å². The number of imidazole rings is 1. The number of nitrogens with one attached hydrogen (secondary N) is 1. The molecule has 3 fully saturated rings. The minimum atomic E-state index is -0.520. The molecule has 2 amide bonds. The quantitative estimate of drug-likeness (QED) is 0.298. The molecule has 0 unspecified atom stereocenters. The summed E-state index contributed by atoms with van der Waals surface area (Å²) in [6, 6.07) is 14.4. The van der Waals surface area contributed by atoms with Crippen LogP contribution in [-0.4, -0.2) is 68.0 Å². The highest BCUT2D eigenvalue weighted by Crippen LogP contribution is 2.45. The first-order valence-corrected chi connectivity index (χ1v) is 16.9. The number of carbonyl (C=O) groups excluding carboxylic acids is 2. The van der Waals surface area contributed by atoms with E-state index in [4.69, 9.17) is 19.5 Å². The molecule has 2 bridgehead atoms. The lowest BCUT2D eigenvalue weighted by Gasteiger charge is -2.36. The van der Waals surface area contributed by atoms with Crippen molar-refractivity contribution < 1.29 is 19.1 Å². The molecule has 1 aliphatic carbocycles. The van der Waals surface area contributed by atoms with Crippen LogP contribution in [0.5, 0.6) is 0 Å².